The molecule has 2 aliphatic rings. The van der Waals surface area contributed by atoms with Crippen LogP contribution in [0.3, 0.4) is 0 Å². The normalized spacial score (nSPS) is 16.8. The number of carbonyl (C=O) groups excluding carboxylic acids is 2. The lowest BCUT2D eigenvalue weighted by Crippen LogP contribution is -2.40. The summed E-state index contributed by atoms with van der Waals surface area (Å²) < 4.78 is 24.4. The van der Waals surface area contributed by atoms with Gasteiger partial charge in [-0.25, -0.2) is 8.42 Å². The van der Waals surface area contributed by atoms with Crippen LogP contribution in [-0.2, 0) is 27.6 Å². The quantitative estimate of drug-likeness (QED) is 0.286. The molecule has 3 aromatic rings. The van der Waals surface area contributed by atoms with Crippen molar-refractivity contribution in [1.82, 2.24) is 14.7 Å². The SMILES string of the molecule is C=C(CN(C)CC#CC1CCCN(CCC(=O)N2CCc3c(sc(NC(=O)c4cccc5ccccc45)c3C#N)C2)C1)S(=O)(=O)C(C)(C)C. The van der Waals surface area contributed by atoms with Gasteiger partial charge in [-0.3, -0.25) is 14.5 Å². The zero-order valence-electron chi connectivity index (χ0n) is 28.8. The Hall–Kier alpha value is -4.00. The molecule has 2 aromatic carbocycles. The zero-order valence-corrected chi connectivity index (χ0v) is 30.5. The number of nitrogens with one attached hydrogen (secondary N) is 1. The summed E-state index contributed by atoms with van der Waals surface area (Å²) in [5.74, 6) is 6.63. The molecule has 1 saturated heterocycles. The van der Waals surface area contributed by atoms with Crippen molar-refractivity contribution in [1.29, 1.82) is 5.26 Å². The molecule has 5 rings (SSSR count). The molecule has 2 amide bonds. The van der Waals surface area contributed by atoms with Crippen molar-refractivity contribution < 1.29 is 18.0 Å². The number of piperidine rings is 1. The third-order valence-corrected chi connectivity index (χ3v) is 12.9. The minimum absolute atomic E-state index is 0.0826. The molecule has 9 nitrogen and oxygen atoms in total. The summed E-state index contributed by atoms with van der Waals surface area (Å²) >= 11 is 1.39. The molecule has 3 heterocycles. The summed E-state index contributed by atoms with van der Waals surface area (Å²) in [6.45, 7) is 12.9. The van der Waals surface area contributed by atoms with E-state index in [1.165, 1.54) is 11.3 Å². The van der Waals surface area contributed by atoms with Gasteiger partial charge in [0.1, 0.15) is 11.1 Å². The Kier molecular flexibility index (Phi) is 11.3. The third-order valence-electron chi connectivity index (χ3n) is 9.22. The van der Waals surface area contributed by atoms with E-state index in [1.807, 2.05) is 53.2 Å². The Morgan fingerprint density at radius 3 is 2.65 bits per heavy atom. The van der Waals surface area contributed by atoms with Crippen LogP contribution in [0.15, 0.2) is 53.9 Å². The van der Waals surface area contributed by atoms with E-state index in [9.17, 15) is 23.3 Å². The molecule has 0 spiro atoms. The lowest BCUT2D eigenvalue weighted by atomic mass is 9.98. The summed E-state index contributed by atoms with van der Waals surface area (Å²) in [6, 6.07) is 15.6. The fraction of sp³-hybridized carbons (Fsp3) is 0.447. The second-order valence-corrected chi connectivity index (χ2v) is 17.8. The Labute approximate surface area is 294 Å². The number of thiophene rings is 1. The van der Waals surface area contributed by atoms with Crippen molar-refractivity contribution >= 4 is 48.8 Å². The number of hydrogen-bond donors (Lipinski definition) is 1. The van der Waals surface area contributed by atoms with Crippen molar-refractivity contribution in [2.45, 2.75) is 57.7 Å². The molecule has 1 fully saturated rings. The predicted molar refractivity (Wildman–Crippen MR) is 197 cm³/mol. The van der Waals surface area contributed by atoms with Crippen molar-refractivity contribution in [2.75, 3.05) is 51.6 Å². The van der Waals surface area contributed by atoms with Crippen molar-refractivity contribution in [3.63, 3.8) is 0 Å². The van der Waals surface area contributed by atoms with E-state index in [2.05, 4.69) is 34.7 Å². The molecule has 49 heavy (non-hydrogen) atoms. The van der Waals surface area contributed by atoms with Crippen LogP contribution in [0.5, 0.6) is 0 Å². The molecular weight excluding hydrogens is 655 g/mol. The summed E-state index contributed by atoms with van der Waals surface area (Å²) in [7, 11) is -1.58. The van der Waals surface area contributed by atoms with E-state index in [0.717, 1.165) is 47.1 Å². The molecule has 1 atom stereocenters. The minimum atomic E-state index is -3.43. The standard InChI is InChI=1S/C38H45N5O4S2/c1-27(49(46,47)38(2,3)4)24-41(5)19-9-11-28-12-10-20-42(25-28)21-18-35(44)43-22-17-31-33(23-39)37(48-34(31)26-43)40-36(45)32-16-8-14-29-13-6-7-15-30(29)32/h6-8,13-16,28H,1,10,12,17-22,24-26H2,2-5H3,(H,40,45). The highest BCUT2D eigenvalue weighted by molar-refractivity contribution is 7.96. The van der Waals surface area contributed by atoms with Gasteiger partial charge in [0.15, 0.2) is 9.84 Å². The molecule has 0 radical (unpaired) electrons. The van der Waals surface area contributed by atoms with Crippen LogP contribution in [0.1, 0.15) is 66.4 Å². The summed E-state index contributed by atoms with van der Waals surface area (Å²) in [4.78, 5) is 33.8. The van der Waals surface area contributed by atoms with Crippen molar-refractivity contribution in [3.05, 3.63) is 75.5 Å². The largest absolute Gasteiger partial charge is 0.337 e. The highest BCUT2D eigenvalue weighted by atomic mass is 32.2. The first-order chi connectivity index (χ1) is 23.3. The maximum atomic E-state index is 13.3. The van der Waals surface area contributed by atoms with E-state index in [1.54, 1.807) is 26.8 Å². The maximum absolute atomic E-state index is 13.3. The van der Waals surface area contributed by atoms with E-state index in [0.29, 0.717) is 55.1 Å². The van der Waals surface area contributed by atoms with Crippen LogP contribution < -0.4 is 5.32 Å². The number of hydrogen-bond acceptors (Lipinski definition) is 8. The van der Waals surface area contributed by atoms with Crippen molar-refractivity contribution in [2.24, 2.45) is 5.92 Å². The number of sulfone groups is 1. The Morgan fingerprint density at radius 2 is 1.90 bits per heavy atom. The average molecular weight is 700 g/mol. The number of rotatable bonds is 9. The number of nitriles is 1. The molecule has 11 heteroatoms. The smallest absolute Gasteiger partial charge is 0.256 e. The van der Waals surface area contributed by atoms with Gasteiger partial charge in [-0.1, -0.05) is 54.8 Å². The van der Waals surface area contributed by atoms with Crippen LogP contribution >= 0.6 is 11.3 Å². The van der Waals surface area contributed by atoms with Crippen LogP contribution in [0, 0.1) is 29.1 Å². The van der Waals surface area contributed by atoms with E-state index in [4.69, 9.17) is 0 Å². The molecule has 0 bridgehead atoms. The fourth-order valence-corrected chi connectivity index (χ4v) is 8.87. The van der Waals surface area contributed by atoms with Gasteiger partial charge in [0, 0.05) is 49.0 Å². The fourth-order valence-electron chi connectivity index (χ4n) is 6.40. The van der Waals surface area contributed by atoms with Crippen LogP contribution in [0.4, 0.5) is 5.00 Å². The highest BCUT2D eigenvalue weighted by Crippen LogP contribution is 2.37. The highest BCUT2D eigenvalue weighted by Gasteiger charge is 2.32. The molecule has 1 N–H and O–H groups in total. The molecule has 0 saturated carbocycles. The van der Waals surface area contributed by atoms with Gasteiger partial charge in [-0.05, 0) is 76.0 Å². The number of likely N-dealkylation sites (tertiary alicyclic amines) is 1. The molecule has 1 unspecified atom stereocenters. The number of likely N-dealkylation sites (N-methyl/N-ethyl adjacent to an activating group) is 1. The number of amides is 2. The Bertz CT molecular complexity index is 1950. The summed E-state index contributed by atoms with van der Waals surface area (Å²) in [5, 5.41) is 15.3. The van der Waals surface area contributed by atoms with E-state index in [-0.39, 0.29) is 29.2 Å². The number of fused-ring (bicyclic) bond motifs is 2. The number of carbonyl (C=O) groups is 2. The van der Waals surface area contributed by atoms with Crippen LogP contribution in [0.2, 0.25) is 0 Å². The van der Waals surface area contributed by atoms with Crippen molar-refractivity contribution in [3.8, 4) is 17.9 Å². The first-order valence-electron chi connectivity index (χ1n) is 16.7. The number of nitrogens with zero attached hydrogens (tertiary/aromatic N) is 4. The van der Waals surface area contributed by atoms with Gasteiger partial charge in [0.25, 0.3) is 5.91 Å². The lowest BCUT2D eigenvalue weighted by Gasteiger charge is -2.32. The summed E-state index contributed by atoms with van der Waals surface area (Å²) in [6.07, 6.45) is 3.00. The second-order valence-electron chi connectivity index (χ2n) is 13.9. The molecule has 258 valence electrons. The summed E-state index contributed by atoms with van der Waals surface area (Å²) in [5.41, 5.74) is 1.97. The topological polar surface area (TPSA) is 114 Å². The van der Waals surface area contributed by atoms with Gasteiger partial charge in [0.2, 0.25) is 5.91 Å². The lowest BCUT2D eigenvalue weighted by molar-refractivity contribution is -0.132. The predicted octanol–water partition coefficient (Wildman–Crippen LogP) is 5.67. The Balaban J connectivity index is 1.12. The van der Waals surface area contributed by atoms with Gasteiger partial charge in [-0.2, -0.15) is 5.26 Å². The Morgan fingerprint density at radius 1 is 1.14 bits per heavy atom. The molecule has 1 aromatic heterocycles. The van der Waals surface area contributed by atoms with Crippen LogP contribution in [0.25, 0.3) is 10.8 Å². The van der Waals surface area contributed by atoms with Gasteiger partial charge < -0.3 is 15.1 Å². The zero-order chi connectivity index (χ0) is 35.3. The average Bonchev–Trinajstić information content (AvgIpc) is 3.42. The van der Waals surface area contributed by atoms with E-state index < -0.39 is 14.6 Å². The number of anilines is 1. The monoisotopic (exact) mass is 699 g/mol. The van der Waals surface area contributed by atoms with Gasteiger partial charge >= 0.3 is 0 Å². The van der Waals surface area contributed by atoms with Gasteiger partial charge in [-0.15, -0.1) is 11.3 Å². The first-order valence-corrected chi connectivity index (χ1v) is 19.0. The minimum Gasteiger partial charge on any atom is -0.337 e. The second kappa shape index (κ2) is 15.3. The molecule has 0 aliphatic carbocycles. The maximum Gasteiger partial charge on any atom is 0.256 e. The third kappa shape index (κ3) is 8.42. The molecule has 2 aliphatic heterocycles. The van der Waals surface area contributed by atoms with Gasteiger partial charge in [0.05, 0.1) is 28.3 Å². The first kappa shape index (κ1) is 36.3. The number of benzene rings is 2. The molecular formula is C38H45N5O4S2. The van der Waals surface area contributed by atoms with E-state index >= 15 is 0 Å². The van der Waals surface area contributed by atoms with Crippen LogP contribution in [-0.4, -0.2) is 86.0 Å².